The van der Waals surface area contributed by atoms with Crippen LogP contribution < -0.4 is 16.0 Å². The molecule has 1 saturated heterocycles. The third kappa shape index (κ3) is 3.06. The number of carbonyl (C=O) groups is 2. The molecule has 1 fully saturated rings. The molecule has 0 saturated carbocycles. The summed E-state index contributed by atoms with van der Waals surface area (Å²) < 4.78 is 0. The van der Waals surface area contributed by atoms with Gasteiger partial charge in [-0.05, 0) is 44.1 Å². The number of hydrogen-bond donors (Lipinski definition) is 3. The Kier molecular flexibility index (Phi) is 3.91. The van der Waals surface area contributed by atoms with Crippen molar-refractivity contribution in [3.8, 4) is 0 Å². The van der Waals surface area contributed by atoms with E-state index < -0.39 is 0 Å². The lowest BCUT2D eigenvalue weighted by Gasteiger charge is -2.32. The van der Waals surface area contributed by atoms with Gasteiger partial charge in [-0.3, -0.25) is 9.59 Å². The highest BCUT2D eigenvalue weighted by Gasteiger charge is 2.34. The summed E-state index contributed by atoms with van der Waals surface area (Å²) in [6, 6.07) is 5.67. The summed E-state index contributed by atoms with van der Waals surface area (Å²) in [7, 11) is 0. The third-order valence-electron chi connectivity index (χ3n) is 4.13. The van der Waals surface area contributed by atoms with E-state index in [-0.39, 0.29) is 17.2 Å². The molecule has 0 unspecified atom stereocenters. The van der Waals surface area contributed by atoms with Gasteiger partial charge < -0.3 is 16.0 Å². The zero-order valence-corrected chi connectivity index (χ0v) is 12.8. The Bertz CT molecular complexity index is 582. The van der Waals surface area contributed by atoms with E-state index in [2.05, 4.69) is 16.0 Å². The fourth-order valence-electron chi connectivity index (χ4n) is 2.65. The van der Waals surface area contributed by atoms with Crippen molar-refractivity contribution in [2.24, 2.45) is 5.41 Å². The van der Waals surface area contributed by atoms with E-state index in [1.807, 2.05) is 25.1 Å². The van der Waals surface area contributed by atoms with Gasteiger partial charge in [-0.15, -0.1) is 11.8 Å². The Morgan fingerprint density at radius 1 is 1.33 bits per heavy atom. The molecule has 21 heavy (non-hydrogen) atoms. The van der Waals surface area contributed by atoms with Crippen LogP contribution in [0, 0.1) is 5.41 Å². The number of carbonyl (C=O) groups excluding carboxylic acids is 2. The van der Waals surface area contributed by atoms with Crippen LogP contribution in [-0.2, 0) is 9.59 Å². The monoisotopic (exact) mass is 305 g/mol. The Balaban J connectivity index is 1.74. The first-order valence-electron chi connectivity index (χ1n) is 7.16. The largest absolute Gasteiger partial charge is 0.326 e. The van der Waals surface area contributed by atoms with E-state index >= 15 is 0 Å². The van der Waals surface area contributed by atoms with Crippen LogP contribution in [0.4, 0.5) is 11.4 Å². The molecule has 1 aromatic carbocycles. The molecule has 3 rings (SSSR count). The van der Waals surface area contributed by atoms with Gasteiger partial charge in [0.05, 0.1) is 11.4 Å². The predicted octanol–water partition coefficient (Wildman–Crippen LogP) is 2.06. The van der Waals surface area contributed by atoms with Crippen molar-refractivity contribution >= 4 is 35.0 Å². The minimum absolute atomic E-state index is 0.00120. The Labute approximate surface area is 128 Å². The SMILES string of the molecule is CC1(C(=O)Nc2ccc3c(c2)NC(=O)CS3)CCNCC1. The number of thioether (sulfide) groups is 1. The second-order valence-electron chi connectivity index (χ2n) is 5.81. The first kappa shape index (κ1) is 14.4. The van der Waals surface area contributed by atoms with Gasteiger partial charge in [0.15, 0.2) is 0 Å². The summed E-state index contributed by atoms with van der Waals surface area (Å²) in [6.45, 7) is 3.76. The van der Waals surface area contributed by atoms with Crippen molar-refractivity contribution in [2.75, 3.05) is 29.5 Å². The van der Waals surface area contributed by atoms with Gasteiger partial charge >= 0.3 is 0 Å². The van der Waals surface area contributed by atoms with Gasteiger partial charge in [-0.1, -0.05) is 6.92 Å². The van der Waals surface area contributed by atoms with E-state index in [1.54, 1.807) is 0 Å². The number of amides is 2. The van der Waals surface area contributed by atoms with Crippen molar-refractivity contribution < 1.29 is 9.59 Å². The van der Waals surface area contributed by atoms with E-state index in [0.717, 1.165) is 42.2 Å². The molecule has 2 heterocycles. The Morgan fingerprint density at radius 2 is 2.10 bits per heavy atom. The van der Waals surface area contributed by atoms with E-state index in [0.29, 0.717) is 5.75 Å². The number of hydrogen-bond acceptors (Lipinski definition) is 4. The number of piperidine rings is 1. The highest BCUT2D eigenvalue weighted by molar-refractivity contribution is 8.00. The first-order chi connectivity index (χ1) is 10.1. The highest BCUT2D eigenvalue weighted by Crippen LogP contribution is 2.34. The molecule has 0 bridgehead atoms. The second-order valence-corrected chi connectivity index (χ2v) is 6.83. The molecule has 6 heteroatoms. The van der Waals surface area contributed by atoms with Crippen molar-refractivity contribution in [2.45, 2.75) is 24.7 Å². The number of benzene rings is 1. The average molecular weight is 305 g/mol. The van der Waals surface area contributed by atoms with Gasteiger partial charge in [0, 0.05) is 16.0 Å². The molecule has 1 aromatic rings. The molecule has 2 amide bonds. The van der Waals surface area contributed by atoms with E-state index in [1.165, 1.54) is 11.8 Å². The minimum atomic E-state index is -0.320. The van der Waals surface area contributed by atoms with Crippen molar-refractivity contribution in [1.29, 1.82) is 0 Å². The zero-order valence-electron chi connectivity index (χ0n) is 12.0. The molecule has 0 aromatic heterocycles. The topological polar surface area (TPSA) is 70.2 Å². The van der Waals surface area contributed by atoms with Crippen molar-refractivity contribution in [3.05, 3.63) is 18.2 Å². The van der Waals surface area contributed by atoms with E-state index in [9.17, 15) is 9.59 Å². The van der Waals surface area contributed by atoms with Crippen LogP contribution in [0.1, 0.15) is 19.8 Å². The molecule has 2 aliphatic heterocycles. The zero-order chi connectivity index (χ0) is 14.9. The standard InChI is InChI=1S/C15H19N3O2S/c1-15(4-6-16-7-5-15)14(20)17-10-2-3-12-11(8-10)18-13(19)9-21-12/h2-3,8,16H,4-7,9H2,1H3,(H,17,20)(H,18,19). The van der Waals surface area contributed by atoms with Crippen LogP contribution >= 0.6 is 11.8 Å². The molecule has 5 nitrogen and oxygen atoms in total. The van der Waals surface area contributed by atoms with E-state index in [4.69, 9.17) is 0 Å². The second kappa shape index (κ2) is 5.69. The lowest BCUT2D eigenvalue weighted by atomic mass is 9.80. The molecule has 0 atom stereocenters. The summed E-state index contributed by atoms with van der Waals surface area (Å²) in [5.74, 6) is 0.504. The summed E-state index contributed by atoms with van der Waals surface area (Å²) in [5.41, 5.74) is 1.20. The van der Waals surface area contributed by atoms with Crippen LogP contribution in [-0.4, -0.2) is 30.7 Å². The third-order valence-corrected chi connectivity index (χ3v) is 5.20. The molecular formula is C15H19N3O2S. The smallest absolute Gasteiger partial charge is 0.234 e. The van der Waals surface area contributed by atoms with Crippen LogP contribution in [0.25, 0.3) is 0 Å². The molecule has 0 aliphatic carbocycles. The number of rotatable bonds is 2. The van der Waals surface area contributed by atoms with Crippen molar-refractivity contribution in [3.63, 3.8) is 0 Å². The summed E-state index contributed by atoms with van der Waals surface area (Å²) in [6.07, 6.45) is 1.69. The van der Waals surface area contributed by atoms with Crippen molar-refractivity contribution in [1.82, 2.24) is 5.32 Å². The Hall–Kier alpha value is -1.53. The van der Waals surface area contributed by atoms with Crippen LogP contribution in [0.15, 0.2) is 23.1 Å². The van der Waals surface area contributed by atoms with Crippen LogP contribution in [0.5, 0.6) is 0 Å². The van der Waals surface area contributed by atoms with Gasteiger partial charge in [0.25, 0.3) is 0 Å². The fourth-order valence-corrected chi connectivity index (χ4v) is 3.44. The molecule has 0 radical (unpaired) electrons. The minimum Gasteiger partial charge on any atom is -0.326 e. The van der Waals surface area contributed by atoms with Crippen LogP contribution in [0.3, 0.4) is 0 Å². The van der Waals surface area contributed by atoms with Gasteiger partial charge in [0.2, 0.25) is 11.8 Å². The molecule has 2 aliphatic rings. The Morgan fingerprint density at radius 3 is 2.86 bits per heavy atom. The average Bonchev–Trinajstić information content (AvgIpc) is 2.47. The predicted molar refractivity (Wildman–Crippen MR) is 84.6 cm³/mol. The van der Waals surface area contributed by atoms with Gasteiger partial charge in [-0.25, -0.2) is 0 Å². The maximum atomic E-state index is 12.5. The van der Waals surface area contributed by atoms with Crippen LogP contribution in [0.2, 0.25) is 0 Å². The van der Waals surface area contributed by atoms with Gasteiger partial charge in [0.1, 0.15) is 0 Å². The maximum Gasteiger partial charge on any atom is 0.234 e. The lowest BCUT2D eigenvalue weighted by Crippen LogP contribution is -2.42. The quantitative estimate of drug-likeness (QED) is 0.782. The first-order valence-corrected chi connectivity index (χ1v) is 8.14. The molecule has 3 N–H and O–H groups in total. The lowest BCUT2D eigenvalue weighted by molar-refractivity contribution is -0.126. The van der Waals surface area contributed by atoms with Gasteiger partial charge in [-0.2, -0.15) is 0 Å². The molecular weight excluding hydrogens is 286 g/mol. The number of fused-ring (bicyclic) bond motifs is 1. The summed E-state index contributed by atoms with van der Waals surface area (Å²) in [5, 5.41) is 9.11. The number of nitrogens with one attached hydrogen (secondary N) is 3. The molecule has 0 spiro atoms. The summed E-state index contributed by atoms with van der Waals surface area (Å²) in [4.78, 5) is 25.0. The fraction of sp³-hybridized carbons (Fsp3) is 0.467. The normalized spacial score (nSPS) is 20.3. The number of anilines is 2. The summed E-state index contributed by atoms with van der Waals surface area (Å²) >= 11 is 1.52. The molecule has 112 valence electrons. The maximum absolute atomic E-state index is 12.5. The highest BCUT2D eigenvalue weighted by atomic mass is 32.2.